The molecule has 3 rings (SSSR count). The molecule has 0 bridgehead atoms. The van der Waals surface area contributed by atoms with E-state index < -0.39 is 5.60 Å². The molecule has 2 heterocycles. The average Bonchev–Trinajstić information content (AvgIpc) is 2.93. The number of aliphatic imine (C=N–C) groups is 1. The van der Waals surface area contributed by atoms with Crippen LogP contribution in [0.4, 0.5) is 0 Å². The number of hydrazine groups is 1. The van der Waals surface area contributed by atoms with Crippen LogP contribution in [0.1, 0.15) is 12.0 Å². The highest BCUT2D eigenvalue weighted by atomic mass is 16.3. The molecule has 0 saturated carbocycles. The van der Waals surface area contributed by atoms with Crippen molar-refractivity contribution in [2.24, 2.45) is 10.9 Å². The Hall–Kier alpha value is -2.09. The van der Waals surface area contributed by atoms with E-state index in [4.69, 9.17) is 6.42 Å². The molecule has 1 saturated heterocycles. The molecule has 3 unspecified atom stereocenters. The number of rotatable bonds is 3. The van der Waals surface area contributed by atoms with E-state index >= 15 is 0 Å². The van der Waals surface area contributed by atoms with Crippen LogP contribution in [0.25, 0.3) is 0 Å². The number of aliphatic hydroxyl groups is 1. The molecule has 1 fully saturated rings. The molecule has 2 aliphatic rings. The van der Waals surface area contributed by atoms with Crippen molar-refractivity contribution in [1.82, 2.24) is 10.9 Å². The molecule has 0 amide bonds. The molecule has 2 aliphatic heterocycles. The summed E-state index contributed by atoms with van der Waals surface area (Å²) in [6.45, 7) is 0.649. The monoisotopic (exact) mass is 267 g/mol. The number of dihydropyridines is 1. The van der Waals surface area contributed by atoms with E-state index in [2.05, 4.69) is 21.8 Å². The summed E-state index contributed by atoms with van der Waals surface area (Å²) >= 11 is 0. The molecule has 3 atom stereocenters. The van der Waals surface area contributed by atoms with Crippen LogP contribution in [-0.2, 0) is 5.60 Å². The molecule has 0 aromatic heterocycles. The number of fused-ring (bicyclic) bond motifs is 1. The first-order chi connectivity index (χ1) is 9.75. The fourth-order valence-electron chi connectivity index (χ4n) is 2.94. The Kier molecular flexibility index (Phi) is 3.31. The number of allylic oxidation sites excluding steroid dienone is 1. The van der Waals surface area contributed by atoms with Gasteiger partial charge in [-0.25, -0.2) is 5.43 Å². The maximum Gasteiger partial charge on any atom is 0.118 e. The van der Waals surface area contributed by atoms with Crippen molar-refractivity contribution in [3.63, 3.8) is 0 Å². The lowest BCUT2D eigenvalue weighted by atomic mass is 9.77. The number of nitrogens with one attached hydrogen (secondary N) is 2. The highest BCUT2D eigenvalue weighted by molar-refractivity contribution is 5.73. The Balaban J connectivity index is 1.98. The SMILES string of the molecule is C#CCC(O)(c1ccccc1)C1NNC2=CC=NCC21. The molecule has 0 radical (unpaired) electrons. The first kappa shape index (κ1) is 12.9. The predicted octanol–water partition coefficient (Wildman–Crippen LogP) is 0.958. The first-order valence-corrected chi connectivity index (χ1v) is 6.68. The van der Waals surface area contributed by atoms with Crippen LogP contribution in [0.5, 0.6) is 0 Å². The van der Waals surface area contributed by atoms with Gasteiger partial charge in [-0.2, -0.15) is 0 Å². The molecule has 3 N–H and O–H groups in total. The van der Waals surface area contributed by atoms with E-state index in [1.165, 1.54) is 0 Å². The predicted molar refractivity (Wildman–Crippen MR) is 78.8 cm³/mol. The lowest BCUT2D eigenvalue weighted by Gasteiger charge is -2.35. The summed E-state index contributed by atoms with van der Waals surface area (Å²) in [7, 11) is 0. The van der Waals surface area contributed by atoms with Crippen molar-refractivity contribution in [1.29, 1.82) is 0 Å². The van der Waals surface area contributed by atoms with Crippen LogP contribution in [0.15, 0.2) is 47.1 Å². The third kappa shape index (κ3) is 2.01. The lowest BCUT2D eigenvalue weighted by Crippen LogP contribution is -2.50. The summed E-state index contributed by atoms with van der Waals surface area (Å²) in [5, 5.41) is 11.2. The Morgan fingerprint density at radius 3 is 2.95 bits per heavy atom. The normalized spacial score (nSPS) is 26.9. The van der Waals surface area contributed by atoms with Gasteiger partial charge in [-0.15, -0.1) is 12.3 Å². The van der Waals surface area contributed by atoms with E-state index in [9.17, 15) is 5.11 Å². The molecular formula is C16H17N3O. The summed E-state index contributed by atoms with van der Waals surface area (Å²) in [5.41, 5.74) is 7.08. The Bertz CT molecular complexity index is 587. The first-order valence-electron chi connectivity index (χ1n) is 6.68. The topological polar surface area (TPSA) is 56.6 Å². The van der Waals surface area contributed by atoms with E-state index in [1.807, 2.05) is 36.4 Å². The summed E-state index contributed by atoms with van der Waals surface area (Å²) in [6, 6.07) is 9.37. The highest BCUT2D eigenvalue weighted by Crippen LogP contribution is 2.37. The van der Waals surface area contributed by atoms with Crippen molar-refractivity contribution >= 4 is 6.21 Å². The molecular weight excluding hydrogens is 250 g/mol. The van der Waals surface area contributed by atoms with E-state index in [1.54, 1.807) is 6.21 Å². The van der Waals surface area contributed by atoms with Crippen LogP contribution >= 0.6 is 0 Å². The second-order valence-electron chi connectivity index (χ2n) is 5.16. The summed E-state index contributed by atoms with van der Waals surface area (Å²) in [5.74, 6) is 2.71. The van der Waals surface area contributed by atoms with Crippen LogP contribution in [0.2, 0.25) is 0 Å². The van der Waals surface area contributed by atoms with Crippen LogP contribution in [0, 0.1) is 18.3 Å². The van der Waals surface area contributed by atoms with Gasteiger partial charge in [-0.05, 0) is 11.6 Å². The zero-order valence-electron chi connectivity index (χ0n) is 11.1. The van der Waals surface area contributed by atoms with Gasteiger partial charge >= 0.3 is 0 Å². The molecule has 20 heavy (non-hydrogen) atoms. The van der Waals surface area contributed by atoms with Crippen molar-refractivity contribution in [3.05, 3.63) is 47.7 Å². The smallest absolute Gasteiger partial charge is 0.118 e. The number of terminal acetylenes is 1. The molecule has 0 aliphatic carbocycles. The summed E-state index contributed by atoms with van der Waals surface area (Å²) in [4.78, 5) is 4.29. The molecule has 0 spiro atoms. The minimum Gasteiger partial charge on any atom is -0.382 e. The van der Waals surface area contributed by atoms with Gasteiger partial charge in [0, 0.05) is 30.8 Å². The lowest BCUT2D eigenvalue weighted by molar-refractivity contribution is -0.00600. The summed E-state index contributed by atoms with van der Waals surface area (Å²) < 4.78 is 0. The Labute approximate surface area is 118 Å². The molecule has 4 heteroatoms. The zero-order chi connectivity index (χ0) is 14.0. The summed E-state index contributed by atoms with van der Waals surface area (Å²) in [6.07, 6.45) is 9.46. The van der Waals surface area contributed by atoms with Gasteiger partial charge in [0.05, 0.1) is 6.04 Å². The van der Waals surface area contributed by atoms with E-state index in [-0.39, 0.29) is 18.4 Å². The quantitative estimate of drug-likeness (QED) is 0.715. The van der Waals surface area contributed by atoms with Gasteiger partial charge in [-0.3, -0.25) is 4.99 Å². The van der Waals surface area contributed by atoms with E-state index in [0.717, 1.165) is 11.3 Å². The molecule has 102 valence electrons. The van der Waals surface area contributed by atoms with E-state index in [0.29, 0.717) is 6.54 Å². The fraction of sp³-hybridized carbons (Fsp3) is 0.312. The average molecular weight is 267 g/mol. The Morgan fingerprint density at radius 2 is 2.20 bits per heavy atom. The molecule has 1 aromatic rings. The largest absolute Gasteiger partial charge is 0.382 e. The van der Waals surface area contributed by atoms with Crippen LogP contribution in [-0.4, -0.2) is 23.9 Å². The molecule has 4 nitrogen and oxygen atoms in total. The third-order valence-electron chi connectivity index (χ3n) is 4.00. The number of nitrogens with zero attached hydrogens (tertiary/aromatic N) is 1. The molecule has 1 aromatic carbocycles. The van der Waals surface area contributed by atoms with Crippen molar-refractivity contribution in [2.75, 3.05) is 6.54 Å². The zero-order valence-corrected chi connectivity index (χ0v) is 11.1. The maximum absolute atomic E-state index is 11.2. The second kappa shape index (κ2) is 5.12. The van der Waals surface area contributed by atoms with Gasteiger partial charge in [-0.1, -0.05) is 30.3 Å². The number of hydrogen-bond acceptors (Lipinski definition) is 4. The van der Waals surface area contributed by atoms with Gasteiger partial charge in [0.1, 0.15) is 5.60 Å². The van der Waals surface area contributed by atoms with Crippen molar-refractivity contribution in [3.8, 4) is 12.3 Å². The standard InChI is InChI=1S/C16H17N3O/c1-2-9-16(20,12-6-4-3-5-7-12)15-13-11-17-10-8-14(13)18-19-15/h1,3-8,10,13,15,18-20H,9,11H2. The third-order valence-corrected chi connectivity index (χ3v) is 4.00. The van der Waals surface area contributed by atoms with Gasteiger partial charge in [0.2, 0.25) is 0 Å². The number of benzene rings is 1. The van der Waals surface area contributed by atoms with Crippen LogP contribution < -0.4 is 10.9 Å². The van der Waals surface area contributed by atoms with Crippen molar-refractivity contribution < 1.29 is 5.11 Å². The van der Waals surface area contributed by atoms with Gasteiger partial charge < -0.3 is 10.5 Å². The number of hydrogen-bond donors (Lipinski definition) is 3. The second-order valence-corrected chi connectivity index (χ2v) is 5.16. The Morgan fingerprint density at radius 1 is 1.40 bits per heavy atom. The maximum atomic E-state index is 11.2. The fourth-order valence-corrected chi connectivity index (χ4v) is 2.94. The minimum atomic E-state index is -1.11. The van der Waals surface area contributed by atoms with Gasteiger partial charge in [0.25, 0.3) is 0 Å². The van der Waals surface area contributed by atoms with Gasteiger partial charge in [0.15, 0.2) is 0 Å². The van der Waals surface area contributed by atoms with Crippen molar-refractivity contribution in [2.45, 2.75) is 18.1 Å². The van der Waals surface area contributed by atoms with Crippen LogP contribution in [0.3, 0.4) is 0 Å². The highest BCUT2D eigenvalue weighted by Gasteiger charge is 2.47. The minimum absolute atomic E-state index is 0.110.